The molecule has 7 heteroatoms. The molecule has 0 saturated carbocycles. The van der Waals surface area contributed by atoms with Gasteiger partial charge in [-0.15, -0.1) is 0 Å². The van der Waals surface area contributed by atoms with Crippen LogP contribution in [0.2, 0.25) is 0 Å². The molecule has 0 aromatic heterocycles. The lowest BCUT2D eigenvalue weighted by Gasteiger charge is -2.29. The molecule has 1 amide bonds. The van der Waals surface area contributed by atoms with Crippen LogP contribution in [0.4, 0.5) is 0 Å². The number of benzene rings is 1. The summed E-state index contributed by atoms with van der Waals surface area (Å²) in [4.78, 5) is 14.5. The Morgan fingerprint density at radius 3 is 2.45 bits per heavy atom. The number of hydrogen-bond acceptors (Lipinski definition) is 4. The minimum Gasteiger partial charge on any atom is -0.341 e. The summed E-state index contributed by atoms with van der Waals surface area (Å²) in [5, 5.41) is 0. The zero-order valence-electron chi connectivity index (χ0n) is 12.8. The quantitative estimate of drug-likeness (QED) is 0.852. The summed E-state index contributed by atoms with van der Waals surface area (Å²) in [6.45, 7) is 4.57. The number of carbonyl (C=O) groups is 1. The lowest BCUT2D eigenvalue weighted by Crippen LogP contribution is -2.49. The smallest absolute Gasteiger partial charge is 0.243 e. The van der Waals surface area contributed by atoms with Crippen molar-refractivity contribution in [1.82, 2.24) is 4.90 Å². The number of carbonyl (C=O) groups excluding carboxylic acids is 1. The number of halogens is 1. The summed E-state index contributed by atoms with van der Waals surface area (Å²) in [6.07, 6.45) is 0.830. The van der Waals surface area contributed by atoms with Gasteiger partial charge in [0.15, 0.2) is 9.84 Å². The maximum Gasteiger partial charge on any atom is 0.243 e. The highest BCUT2D eigenvalue weighted by atomic mass is 79.9. The largest absolute Gasteiger partial charge is 0.341 e. The van der Waals surface area contributed by atoms with Gasteiger partial charge >= 0.3 is 0 Å². The molecule has 0 aliphatic carbocycles. The molecule has 1 heterocycles. The van der Waals surface area contributed by atoms with Crippen molar-refractivity contribution in [2.45, 2.75) is 29.9 Å². The SMILES string of the molecule is CC(C)(C(=O)N1CC[C@@H](CN)C1)S(=O)(=O)c1ccc(Br)cc1. The van der Waals surface area contributed by atoms with Gasteiger partial charge in [-0.25, -0.2) is 8.42 Å². The van der Waals surface area contributed by atoms with Crippen molar-refractivity contribution in [3.63, 3.8) is 0 Å². The van der Waals surface area contributed by atoms with E-state index in [9.17, 15) is 13.2 Å². The van der Waals surface area contributed by atoms with Crippen LogP contribution in [-0.2, 0) is 14.6 Å². The molecule has 1 aromatic rings. The summed E-state index contributed by atoms with van der Waals surface area (Å²) in [6, 6.07) is 6.35. The molecule has 5 nitrogen and oxygen atoms in total. The predicted octanol–water partition coefficient (Wildman–Crippen LogP) is 1.81. The van der Waals surface area contributed by atoms with Gasteiger partial charge in [0.25, 0.3) is 0 Å². The average Bonchev–Trinajstić information content (AvgIpc) is 2.95. The predicted molar refractivity (Wildman–Crippen MR) is 89.1 cm³/mol. The second-order valence-corrected chi connectivity index (χ2v) is 9.52. The highest BCUT2D eigenvalue weighted by Gasteiger charge is 2.46. The number of hydrogen-bond donors (Lipinski definition) is 1. The van der Waals surface area contributed by atoms with Gasteiger partial charge in [0, 0.05) is 17.6 Å². The first-order chi connectivity index (χ1) is 10.2. The van der Waals surface area contributed by atoms with E-state index in [1.807, 2.05) is 0 Å². The van der Waals surface area contributed by atoms with Crippen LogP contribution in [0.1, 0.15) is 20.3 Å². The first-order valence-electron chi connectivity index (χ1n) is 7.20. The van der Waals surface area contributed by atoms with E-state index in [1.165, 1.54) is 26.0 Å². The molecule has 1 aliphatic rings. The highest BCUT2D eigenvalue weighted by Crippen LogP contribution is 2.30. The molecule has 2 N–H and O–H groups in total. The Morgan fingerprint density at radius 1 is 1.36 bits per heavy atom. The summed E-state index contributed by atoms with van der Waals surface area (Å²) in [5.74, 6) is -0.0958. The minimum atomic E-state index is -3.76. The Morgan fingerprint density at radius 2 is 1.95 bits per heavy atom. The maximum absolute atomic E-state index is 12.8. The third-order valence-corrected chi connectivity index (χ3v) is 7.16. The second kappa shape index (κ2) is 6.29. The van der Waals surface area contributed by atoms with Crippen molar-refractivity contribution in [3.05, 3.63) is 28.7 Å². The van der Waals surface area contributed by atoms with Crippen LogP contribution in [0, 0.1) is 5.92 Å². The first kappa shape index (κ1) is 17.4. The van der Waals surface area contributed by atoms with E-state index in [1.54, 1.807) is 17.0 Å². The van der Waals surface area contributed by atoms with Crippen LogP contribution in [-0.4, -0.2) is 43.6 Å². The van der Waals surface area contributed by atoms with Crippen LogP contribution in [0.15, 0.2) is 33.6 Å². The minimum absolute atomic E-state index is 0.156. The van der Waals surface area contributed by atoms with Crippen molar-refractivity contribution in [1.29, 1.82) is 0 Å². The third kappa shape index (κ3) is 3.07. The van der Waals surface area contributed by atoms with E-state index in [-0.39, 0.29) is 16.7 Å². The molecule has 22 heavy (non-hydrogen) atoms. The molecular weight excluding hydrogens is 368 g/mol. The Balaban J connectivity index is 2.28. The monoisotopic (exact) mass is 388 g/mol. The second-order valence-electron chi connectivity index (χ2n) is 6.11. The Labute approximate surface area is 139 Å². The molecule has 1 atom stereocenters. The van der Waals surface area contributed by atoms with E-state index in [4.69, 9.17) is 5.73 Å². The average molecular weight is 389 g/mol. The fourth-order valence-electron chi connectivity index (χ4n) is 2.61. The normalized spacial score (nSPS) is 19.5. The summed E-state index contributed by atoms with van der Waals surface area (Å²) >= 11 is 3.28. The van der Waals surface area contributed by atoms with Crippen LogP contribution >= 0.6 is 15.9 Å². The van der Waals surface area contributed by atoms with Crippen molar-refractivity contribution in [2.24, 2.45) is 11.7 Å². The molecule has 0 spiro atoms. The van der Waals surface area contributed by atoms with Crippen LogP contribution < -0.4 is 5.73 Å². The fraction of sp³-hybridized carbons (Fsp3) is 0.533. The van der Waals surface area contributed by atoms with E-state index in [0.29, 0.717) is 19.6 Å². The van der Waals surface area contributed by atoms with Crippen molar-refractivity contribution in [2.75, 3.05) is 19.6 Å². The molecule has 122 valence electrons. The number of nitrogens with zero attached hydrogens (tertiary/aromatic N) is 1. The molecule has 1 aliphatic heterocycles. The molecule has 1 saturated heterocycles. The molecule has 0 bridgehead atoms. The van der Waals surface area contributed by atoms with E-state index in [2.05, 4.69) is 15.9 Å². The zero-order chi connectivity index (χ0) is 16.5. The van der Waals surface area contributed by atoms with Crippen LogP contribution in [0.3, 0.4) is 0 Å². The topological polar surface area (TPSA) is 80.5 Å². The van der Waals surface area contributed by atoms with Crippen molar-refractivity contribution >= 4 is 31.7 Å². The van der Waals surface area contributed by atoms with Gasteiger partial charge in [-0.3, -0.25) is 4.79 Å². The summed E-state index contributed by atoms with van der Waals surface area (Å²) < 4.78 is 25.0. The number of sulfone groups is 1. The van der Waals surface area contributed by atoms with E-state index >= 15 is 0 Å². The van der Waals surface area contributed by atoms with E-state index in [0.717, 1.165) is 10.9 Å². The lowest BCUT2D eigenvalue weighted by molar-refractivity contribution is -0.132. The van der Waals surface area contributed by atoms with Gasteiger partial charge in [0.05, 0.1) is 4.90 Å². The number of amides is 1. The van der Waals surface area contributed by atoms with Crippen LogP contribution in [0.25, 0.3) is 0 Å². The molecule has 1 aromatic carbocycles. The van der Waals surface area contributed by atoms with Crippen LogP contribution in [0.5, 0.6) is 0 Å². The highest BCUT2D eigenvalue weighted by molar-refractivity contribution is 9.10. The van der Waals surface area contributed by atoms with E-state index < -0.39 is 14.6 Å². The standard InChI is InChI=1S/C15H21BrN2O3S/c1-15(2,14(19)18-8-7-11(9-17)10-18)22(20,21)13-5-3-12(16)4-6-13/h3-6,11H,7-10,17H2,1-2H3/t11-/m0/s1. The summed E-state index contributed by atoms with van der Waals surface area (Å²) in [7, 11) is -3.76. The number of nitrogens with two attached hydrogens (primary N) is 1. The Bertz CT molecular complexity index is 656. The molecular formula is C15H21BrN2O3S. The van der Waals surface area contributed by atoms with Gasteiger partial charge in [0.2, 0.25) is 5.91 Å². The van der Waals surface area contributed by atoms with Gasteiger partial charge in [0.1, 0.15) is 4.75 Å². The van der Waals surface area contributed by atoms with Crippen molar-refractivity contribution < 1.29 is 13.2 Å². The first-order valence-corrected chi connectivity index (χ1v) is 9.47. The summed E-state index contributed by atoms with van der Waals surface area (Å²) in [5.41, 5.74) is 5.64. The molecule has 0 radical (unpaired) electrons. The Kier molecular flexibility index (Phi) is 4.99. The Hall–Kier alpha value is -0.920. The van der Waals surface area contributed by atoms with Gasteiger partial charge in [-0.05, 0) is 57.0 Å². The molecule has 1 fully saturated rings. The molecule has 0 unspecified atom stereocenters. The zero-order valence-corrected chi connectivity index (χ0v) is 15.2. The number of rotatable bonds is 4. The lowest BCUT2D eigenvalue weighted by atomic mass is 10.1. The third-order valence-electron chi connectivity index (χ3n) is 4.22. The van der Waals surface area contributed by atoms with Gasteiger partial charge in [-0.1, -0.05) is 15.9 Å². The van der Waals surface area contributed by atoms with Gasteiger partial charge in [-0.2, -0.15) is 0 Å². The van der Waals surface area contributed by atoms with Crippen molar-refractivity contribution in [3.8, 4) is 0 Å². The van der Waals surface area contributed by atoms with Gasteiger partial charge < -0.3 is 10.6 Å². The fourth-order valence-corrected chi connectivity index (χ4v) is 4.32. The maximum atomic E-state index is 12.8. The number of likely N-dealkylation sites (tertiary alicyclic amines) is 1. The molecule has 2 rings (SSSR count).